The van der Waals surface area contributed by atoms with Gasteiger partial charge in [-0.15, -0.1) is 11.3 Å². The van der Waals surface area contributed by atoms with Gasteiger partial charge in [0.1, 0.15) is 6.04 Å². The minimum atomic E-state index is -0.515. The molecule has 3 heterocycles. The Bertz CT molecular complexity index is 896. The standard InChI is InChI=1S/C19H19N3O4S/c23-18(21-10-8-13-6-7-14(22(25)26)12-16(13)21)15-4-1-2-9-20(15)19(24)17-5-3-11-27-17/h3,5-7,11-12,15H,1-2,4,8-10H2. The summed E-state index contributed by atoms with van der Waals surface area (Å²) in [6.45, 7) is 1.05. The number of hydrogen-bond donors (Lipinski definition) is 0. The second-order valence-electron chi connectivity index (χ2n) is 6.80. The number of anilines is 1. The maximum atomic E-state index is 13.3. The minimum absolute atomic E-state index is 0.0244. The number of nitro groups is 1. The van der Waals surface area contributed by atoms with E-state index in [1.807, 2.05) is 11.4 Å². The lowest BCUT2D eigenvalue weighted by Gasteiger charge is -2.36. The molecule has 140 valence electrons. The van der Waals surface area contributed by atoms with Gasteiger partial charge in [0.15, 0.2) is 0 Å². The van der Waals surface area contributed by atoms with Crippen molar-refractivity contribution in [2.45, 2.75) is 31.7 Å². The Labute approximate surface area is 160 Å². The highest BCUT2D eigenvalue weighted by Gasteiger charge is 2.38. The fourth-order valence-corrected chi connectivity index (χ4v) is 4.54. The summed E-state index contributed by atoms with van der Waals surface area (Å²) in [5, 5.41) is 13.0. The number of carbonyl (C=O) groups is 2. The van der Waals surface area contributed by atoms with Gasteiger partial charge in [-0.05, 0) is 42.7 Å². The number of piperidine rings is 1. The van der Waals surface area contributed by atoms with E-state index in [9.17, 15) is 19.7 Å². The molecule has 2 aliphatic heterocycles. The van der Waals surface area contributed by atoms with Crippen molar-refractivity contribution in [3.63, 3.8) is 0 Å². The Morgan fingerprint density at radius 1 is 1.19 bits per heavy atom. The van der Waals surface area contributed by atoms with Crippen LogP contribution in [0.4, 0.5) is 11.4 Å². The van der Waals surface area contributed by atoms with Crippen molar-refractivity contribution < 1.29 is 14.5 Å². The third-order valence-corrected chi connectivity index (χ3v) is 6.08. The van der Waals surface area contributed by atoms with E-state index in [2.05, 4.69) is 0 Å². The predicted molar refractivity (Wildman–Crippen MR) is 102 cm³/mol. The highest BCUT2D eigenvalue weighted by atomic mass is 32.1. The number of thiophene rings is 1. The number of hydrogen-bond acceptors (Lipinski definition) is 5. The van der Waals surface area contributed by atoms with Gasteiger partial charge < -0.3 is 9.80 Å². The van der Waals surface area contributed by atoms with Crippen LogP contribution in [-0.2, 0) is 11.2 Å². The fourth-order valence-electron chi connectivity index (χ4n) is 3.86. The Balaban J connectivity index is 1.61. The largest absolute Gasteiger partial charge is 0.326 e. The third kappa shape index (κ3) is 3.21. The molecule has 1 atom stereocenters. The first-order valence-corrected chi connectivity index (χ1v) is 9.87. The Morgan fingerprint density at radius 2 is 2.04 bits per heavy atom. The topological polar surface area (TPSA) is 83.8 Å². The van der Waals surface area contributed by atoms with E-state index in [1.54, 1.807) is 21.9 Å². The lowest BCUT2D eigenvalue weighted by Crippen LogP contribution is -2.52. The van der Waals surface area contributed by atoms with Gasteiger partial charge in [0, 0.05) is 25.2 Å². The summed E-state index contributed by atoms with van der Waals surface area (Å²) in [5.74, 6) is -0.250. The first-order chi connectivity index (χ1) is 13.1. The van der Waals surface area contributed by atoms with Gasteiger partial charge in [-0.3, -0.25) is 19.7 Å². The van der Waals surface area contributed by atoms with Crippen LogP contribution in [0.15, 0.2) is 35.7 Å². The zero-order valence-corrected chi connectivity index (χ0v) is 15.5. The fraction of sp³-hybridized carbons (Fsp3) is 0.368. The van der Waals surface area contributed by atoms with Gasteiger partial charge in [0.25, 0.3) is 11.6 Å². The molecule has 8 heteroatoms. The van der Waals surface area contributed by atoms with Crippen LogP contribution in [0, 0.1) is 10.1 Å². The summed E-state index contributed by atoms with van der Waals surface area (Å²) in [6.07, 6.45) is 3.06. The van der Waals surface area contributed by atoms with Crippen LogP contribution >= 0.6 is 11.3 Å². The van der Waals surface area contributed by atoms with Gasteiger partial charge in [-0.2, -0.15) is 0 Å². The molecule has 0 N–H and O–H groups in total. The third-order valence-electron chi connectivity index (χ3n) is 5.22. The van der Waals surface area contributed by atoms with Gasteiger partial charge in [0.05, 0.1) is 15.5 Å². The number of nitro benzene ring substituents is 1. The normalized spacial score (nSPS) is 19.0. The van der Waals surface area contributed by atoms with Crippen molar-refractivity contribution in [1.82, 2.24) is 4.90 Å². The molecule has 0 aliphatic carbocycles. The molecule has 1 unspecified atom stereocenters. The van der Waals surface area contributed by atoms with Crippen LogP contribution in [0.3, 0.4) is 0 Å². The summed E-state index contributed by atoms with van der Waals surface area (Å²) < 4.78 is 0. The first-order valence-electron chi connectivity index (χ1n) is 8.99. The van der Waals surface area contributed by atoms with E-state index in [0.717, 1.165) is 18.4 Å². The maximum absolute atomic E-state index is 13.3. The Hall–Kier alpha value is -2.74. The van der Waals surface area contributed by atoms with E-state index in [4.69, 9.17) is 0 Å². The summed E-state index contributed by atoms with van der Waals surface area (Å²) in [6, 6.07) is 7.75. The Kier molecular flexibility index (Phi) is 4.65. The van der Waals surface area contributed by atoms with E-state index >= 15 is 0 Å². The molecule has 7 nitrogen and oxygen atoms in total. The molecule has 2 amide bonds. The molecule has 27 heavy (non-hydrogen) atoms. The maximum Gasteiger partial charge on any atom is 0.271 e. The molecule has 2 aromatic rings. The number of nitrogens with zero attached hydrogens (tertiary/aromatic N) is 3. The Morgan fingerprint density at radius 3 is 2.78 bits per heavy atom. The molecule has 4 rings (SSSR count). The SMILES string of the molecule is O=C(C1CCCCN1C(=O)c1cccs1)N1CCc2ccc([N+](=O)[O-])cc21. The van der Waals surface area contributed by atoms with E-state index in [1.165, 1.54) is 23.5 Å². The molecule has 0 spiro atoms. The number of rotatable bonds is 3. The van der Waals surface area contributed by atoms with Gasteiger partial charge in [0.2, 0.25) is 5.91 Å². The lowest BCUT2D eigenvalue weighted by atomic mass is 10.0. The van der Waals surface area contributed by atoms with Crippen LogP contribution in [0.25, 0.3) is 0 Å². The van der Waals surface area contributed by atoms with Gasteiger partial charge in [-0.1, -0.05) is 12.1 Å². The quantitative estimate of drug-likeness (QED) is 0.600. The number of likely N-dealkylation sites (tertiary alicyclic amines) is 1. The van der Waals surface area contributed by atoms with Crippen molar-refractivity contribution in [1.29, 1.82) is 0 Å². The van der Waals surface area contributed by atoms with Crippen molar-refractivity contribution in [3.8, 4) is 0 Å². The van der Waals surface area contributed by atoms with E-state index in [0.29, 0.717) is 36.5 Å². The predicted octanol–water partition coefficient (Wildman–Crippen LogP) is 3.24. The molecule has 1 aromatic carbocycles. The zero-order valence-electron chi connectivity index (χ0n) is 14.7. The highest BCUT2D eigenvalue weighted by molar-refractivity contribution is 7.12. The average Bonchev–Trinajstić information content (AvgIpc) is 3.36. The molecule has 1 aromatic heterocycles. The molecule has 0 radical (unpaired) electrons. The number of carbonyl (C=O) groups excluding carboxylic acids is 2. The second-order valence-corrected chi connectivity index (χ2v) is 7.75. The second kappa shape index (κ2) is 7.11. The summed E-state index contributed by atoms with van der Waals surface area (Å²) in [7, 11) is 0. The summed E-state index contributed by atoms with van der Waals surface area (Å²) in [5.41, 5.74) is 1.51. The molecule has 1 saturated heterocycles. The molecular formula is C19H19N3O4S. The van der Waals surface area contributed by atoms with Crippen molar-refractivity contribution in [2.24, 2.45) is 0 Å². The number of non-ortho nitro benzene ring substituents is 1. The molecule has 0 saturated carbocycles. The van der Waals surface area contributed by atoms with Crippen molar-refractivity contribution in [3.05, 3.63) is 56.3 Å². The van der Waals surface area contributed by atoms with E-state index < -0.39 is 11.0 Å². The van der Waals surface area contributed by atoms with Crippen LogP contribution < -0.4 is 4.90 Å². The first kappa shape index (κ1) is 17.7. The van der Waals surface area contributed by atoms with E-state index in [-0.39, 0.29) is 17.5 Å². The van der Waals surface area contributed by atoms with Crippen LogP contribution in [0.1, 0.15) is 34.5 Å². The van der Waals surface area contributed by atoms with Crippen LogP contribution in [0.2, 0.25) is 0 Å². The number of fused-ring (bicyclic) bond motifs is 1. The average molecular weight is 385 g/mol. The molecule has 2 aliphatic rings. The van der Waals surface area contributed by atoms with Gasteiger partial charge >= 0.3 is 0 Å². The number of amides is 2. The van der Waals surface area contributed by atoms with Crippen molar-refractivity contribution in [2.75, 3.05) is 18.0 Å². The smallest absolute Gasteiger partial charge is 0.271 e. The molecular weight excluding hydrogens is 366 g/mol. The zero-order chi connectivity index (χ0) is 19.0. The van der Waals surface area contributed by atoms with Crippen LogP contribution in [0.5, 0.6) is 0 Å². The van der Waals surface area contributed by atoms with Crippen LogP contribution in [-0.4, -0.2) is 40.8 Å². The number of benzene rings is 1. The van der Waals surface area contributed by atoms with Crippen molar-refractivity contribution >= 4 is 34.5 Å². The lowest BCUT2D eigenvalue weighted by molar-refractivity contribution is -0.384. The highest BCUT2D eigenvalue weighted by Crippen LogP contribution is 2.34. The minimum Gasteiger partial charge on any atom is -0.326 e. The summed E-state index contributed by atoms with van der Waals surface area (Å²) >= 11 is 1.37. The monoisotopic (exact) mass is 385 g/mol. The molecule has 1 fully saturated rings. The summed E-state index contributed by atoms with van der Waals surface area (Å²) in [4.78, 5) is 40.7. The van der Waals surface area contributed by atoms with Gasteiger partial charge in [-0.25, -0.2) is 0 Å². The molecule has 0 bridgehead atoms.